The fourth-order valence-electron chi connectivity index (χ4n) is 1.51. The topological polar surface area (TPSA) is 71.2 Å². The van der Waals surface area contributed by atoms with E-state index in [4.69, 9.17) is 9.84 Å². The molecule has 0 radical (unpaired) electrons. The SMILES string of the molecule is O=C(O)C1=C(COCc2ccccc2)CN=N1. The van der Waals surface area contributed by atoms with E-state index in [1.807, 2.05) is 30.3 Å². The van der Waals surface area contributed by atoms with Gasteiger partial charge in [0.1, 0.15) is 0 Å². The van der Waals surface area contributed by atoms with Crippen molar-refractivity contribution in [3.8, 4) is 0 Å². The summed E-state index contributed by atoms with van der Waals surface area (Å²) in [7, 11) is 0. The number of carboxylic acid groups (broad SMARTS) is 1. The minimum Gasteiger partial charge on any atom is -0.476 e. The van der Waals surface area contributed by atoms with Gasteiger partial charge in [-0.15, -0.1) is 5.11 Å². The molecular formula is C12H12N2O3. The fourth-order valence-corrected chi connectivity index (χ4v) is 1.51. The van der Waals surface area contributed by atoms with E-state index in [9.17, 15) is 4.79 Å². The van der Waals surface area contributed by atoms with E-state index in [1.165, 1.54) is 0 Å². The van der Waals surface area contributed by atoms with Crippen molar-refractivity contribution in [2.75, 3.05) is 13.2 Å². The molecule has 0 aromatic heterocycles. The van der Waals surface area contributed by atoms with E-state index in [0.717, 1.165) is 5.56 Å². The van der Waals surface area contributed by atoms with Gasteiger partial charge < -0.3 is 9.84 Å². The molecule has 1 N–H and O–H groups in total. The Balaban J connectivity index is 1.87. The van der Waals surface area contributed by atoms with Crippen molar-refractivity contribution >= 4 is 5.97 Å². The minimum absolute atomic E-state index is 0.0121. The third-order valence-electron chi connectivity index (χ3n) is 2.36. The quantitative estimate of drug-likeness (QED) is 0.844. The average Bonchev–Trinajstić information content (AvgIpc) is 2.79. The summed E-state index contributed by atoms with van der Waals surface area (Å²) >= 11 is 0. The van der Waals surface area contributed by atoms with Crippen LogP contribution >= 0.6 is 0 Å². The molecule has 1 aromatic rings. The largest absolute Gasteiger partial charge is 0.476 e. The zero-order chi connectivity index (χ0) is 12.1. The summed E-state index contributed by atoms with van der Waals surface area (Å²) in [4.78, 5) is 10.8. The number of benzene rings is 1. The maximum atomic E-state index is 10.8. The first-order valence-electron chi connectivity index (χ1n) is 5.22. The van der Waals surface area contributed by atoms with Crippen molar-refractivity contribution < 1.29 is 14.6 Å². The summed E-state index contributed by atoms with van der Waals surface area (Å²) in [6, 6.07) is 9.71. The minimum atomic E-state index is -1.05. The Bertz CT molecular complexity index is 466. The smallest absolute Gasteiger partial charge is 0.356 e. The van der Waals surface area contributed by atoms with Crippen molar-refractivity contribution in [3.63, 3.8) is 0 Å². The van der Waals surface area contributed by atoms with Crippen LogP contribution in [0, 0.1) is 0 Å². The Morgan fingerprint density at radius 1 is 1.29 bits per heavy atom. The van der Waals surface area contributed by atoms with Crippen LogP contribution in [0.1, 0.15) is 5.56 Å². The van der Waals surface area contributed by atoms with Crippen LogP contribution < -0.4 is 0 Å². The fraction of sp³-hybridized carbons (Fsp3) is 0.250. The maximum Gasteiger partial charge on any atom is 0.356 e. The Morgan fingerprint density at radius 2 is 2.06 bits per heavy atom. The van der Waals surface area contributed by atoms with E-state index >= 15 is 0 Å². The van der Waals surface area contributed by atoms with Crippen LogP contribution in [0.5, 0.6) is 0 Å². The van der Waals surface area contributed by atoms with Crippen LogP contribution in [0.15, 0.2) is 51.8 Å². The summed E-state index contributed by atoms with van der Waals surface area (Å²) in [6.45, 7) is 1.02. The third-order valence-corrected chi connectivity index (χ3v) is 2.36. The van der Waals surface area contributed by atoms with Crippen molar-refractivity contribution in [1.82, 2.24) is 0 Å². The second-order valence-corrected chi connectivity index (χ2v) is 3.64. The molecule has 1 aliphatic rings. The van der Waals surface area contributed by atoms with Gasteiger partial charge in [-0.25, -0.2) is 4.79 Å². The predicted molar refractivity (Wildman–Crippen MR) is 60.5 cm³/mol. The lowest BCUT2D eigenvalue weighted by atomic mass is 10.2. The molecule has 0 spiro atoms. The van der Waals surface area contributed by atoms with Gasteiger partial charge in [0.25, 0.3) is 0 Å². The Hall–Kier alpha value is -2.01. The lowest BCUT2D eigenvalue weighted by molar-refractivity contribution is -0.132. The van der Waals surface area contributed by atoms with Gasteiger partial charge in [0.15, 0.2) is 5.70 Å². The number of ether oxygens (including phenoxy) is 1. The van der Waals surface area contributed by atoms with Gasteiger partial charge >= 0.3 is 5.97 Å². The van der Waals surface area contributed by atoms with Gasteiger partial charge in [-0.3, -0.25) is 0 Å². The number of hydrogen-bond acceptors (Lipinski definition) is 4. The summed E-state index contributed by atoms with van der Waals surface area (Å²) in [6.07, 6.45) is 0. The standard InChI is InChI=1S/C12H12N2O3/c15-12(16)11-10(6-13-14-11)8-17-7-9-4-2-1-3-5-9/h1-5H,6-8H2,(H,15,16). The van der Waals surface area contributed by atoms with E-state index in [1.54, 1.807) is 0 Å². The van der Waals surface area contributed by atoms with Crippen LogP contribution in [-0.4, -0.2) is 24.2 Å². The van der Waals surface area contributed by atoms with E-state index in [2.05, 4.69) is 10.2 Å². The molecule has 1 heterocycles. The number of nitrogens with zero attached hydrogens (tertiary/aromatic N) is 2. The molecule has 0 bridgehead atoms. The number of azo groups is 1. The first kappa shape index (κ1) is 11.5. The Kier molecular flexibility index (Phi) is 3.62. The molecule has 2 rings (SSSR count). The molecule has 0 saturated heterocycles. The number of carboxylic acids is 1. The molecular weight excluding hydrogens is 220 g/mol. The van der Waals surface area contributed by atoms with Crippen LogP contribution in [0.3, 0.4) is 0 Å². The zero-order valence-corrected chi connectivity index (χ0v) is 9.17. The second kappa shape index (κ2) is 5.36. The molecule has 1 aliphatic heterocycles. The summed E-state index contributed by atoms with van der Waals surface area (Å²) < 4.78 is 5.44. The number of hydrogen-bond donors (Lipinski definition) is 1. The molecule has 5 heteroatoms. The molecule has 5 nitrogen and oxygen atoms in total. The van der Waals surface area contributed by atoms with Crippen LogP contribution in [-0.2, 0) is 16.1 Å². The Labute approximate surface area is 98.4 Å². The molecule has 17 heavy (non-hydrogen) atoms. The molecule has 0 atom stereocenters. The van der Waals surface area contributed by atoms with Gasteiger partial charge in [0, 0.05) is 5.57 Å². The monoisotopic (exact) mass is 232 g/mol. The molecule has 0 amide bonds. The third kappa shape index (κ3) is 2.98. The van der Waals surface area contributed by atoms with Gasteiger partial charge in [-0.2, -0.15) is 5.11 Å². The van der Waals surface area contributed by atoms with E-state index in [-0.39, 0.29) is 12.3 Å². The zero-order valence-electron chi connectivity index (χ0n) is 9.17. The molecule has 88 valence electrons. The van der Waals surface area contributed by atoms with Gasteiger partial charge in [0.05, 0.1) is 19.8 Å². The molecule has 1 aromatic carbocycles. The first-order valence-corrected chi connectivity index (χ1v) is 5.22. The van der Waals surface area contributed by atoms with Crippen molar-refractivity contribution in [2.24, 2.45) is 10.2 Å². The van der Waals surface area contributed by atoms with Crippen LogP contribution in [0.4, 0.5) is 0 Å². The summed E-state index contributed by atoms with van der Waals surface area (Å²) in [5.41, 5.74) is 1.68. The summed E-state index contributed by atoms with van der Waals surface area (Å²) in [5.74, 6) is -1.05. The van der Waals surface area contributed by atoms with Gasteiger partial charge in [0.2, 0.25) is 0 Å². The van der Waals surface area contributed by atoms with Crippen LogP contribution in [0.2, 0.25) is 0 Å². The van der Waals surface area contributed by atoms with Gasteiger partial charge in [-0.05, 0) is 5.56 Å². The first-order chi connectivity index (χ1) is 8.27. The second-order valence-electron chi connectivity index (χ2n) is 3.64. The maximum absolute atomic E-state index is 10.8. The van der Waals surface area contributed by atoms with Gasteiger partial charge in [-0.1, -0.05) is 30.3 Å². The Morgan fingerprint density at radius 3 is 2.76 bits per heavy atom. The molecule has 0 saturated carbocycles. The van der Waals surface area contributed by atoms with E-state index < -0.39 is 5.97 Å². The van der Waals surface area contributed by atoms with Crippen molar-refractivity contribution in [3.05, 3.63) is 47.2 Å². The molecule has 0 aliphatic carbocycles. The number of aliphatic carboxylic acids is 1. The van der Waals surface area contributed by atoms with E-state index in [0.29, 0.717) is 18.7 Å². The average molecular weight is 232 g/mol. The highest BCUT2D eigenvalue weighted by Gasteiger charge is 2.18. The lowest BCUT2D eigenvalue weighted by Crippen LogP contribution is -2.06. The number of carbonyl (C=O) groups is 1. The highest BCUT2D eigenvalue weighted by atomic mass is 16.5. The highest BCUT2D eigenvalue weighted by Crippen LogP contribution is 2.16. The highest BCUT2D eigenvalue weighted by molar-refractivity contribution is 5.87. The van der Waals surface area contributed by atoms with Crippen molar-refractivity contribution in [2.45, 2.75) is 6.61 Å². The summed E-state index contributed by atoms with van der Waals surface area (Å²) in [5, 5.41) is 16.1. The number of rotatable bonds is 5. The molecule has 0 unspecified atom stereocenters. The molecule has 0 fully saturated rings. The van der Waals surface area contributed by atoms with Crippen molar-refractivity contribution in [1.29, 1.82) is 0 Å². The predicted octanol–water partition coefficient (Wildman–Crippen LogP) is 2.01. The van der Waals surface area contributed by atoms with Crippen LogP contribution in [0.25, 0.3) is 0 Å². The normalized spacial score (nSPS) is 14.4. The lowest BCUT2D eigenvalue weighted by Gasteiger charge is -2.04.